The molecule has 2 heterocycles. The molecule has 0 fully saturated rings. The molecule has 0 amide bonds. The third-order valence-corrected chi connectivity index (χ3v) is 2.63. The number of methoxy groups -OCH3 is 1. The van der Waals surface area contributed by atoms with Gasteiger partial charge in [-0.1, -0.05) is 12.1 Å². The Morgan fingerprint density at radius 1 is 1.24 bits per heavy atom. The van der Waals surface area contributed by atoms with E-state index in [4.69, 9.17) is 4.74 Å². The molecule has 0 unspecified atom stereocenters. The number of hydrogen-bond donors (Lipinski definition) is 1. The average Bonchev–Trinajstić information content (AvgIpc) is 2.86. The summed E-state index contributed by atoms with van der Waals surface area (Å²) in [6.07, 6.45) is 0. The number of aromatic nitrogens is 4. The molecule has 0 aliphatic heterocycles. The van der Waals surface area contributed by atoms with Crippen LogP contribution in [0.4, 0.5) is 0 Å². The number of para-hydroxylation sites is 1. The van der Waals surface area contributed by atoms with Gasteiger partial charge in [-0.2, -0.15) is 0 Å². The second kappa shape index (κ2) is 3.62. The van der Waals surface area contributed by atoms with Crippen molar-refractivity contribution >= 4 is 5.65 Å². The molecule has 0 saturated carbocycles. The van der Waals surface area contributed by atoms with Gasteiger partial charge in [-0.05, 0) is 19.1 Å². The highest BCUT2D eigenvalue weighted by atomic mass is 16.5. The summed E-state index contributed by atoms with van der Waals surface area (Å²) in [6, 6.07) is 9.75. The fourth-order valence-electron chi connectivity index (χ4n) is 1.87. The lowest BCUT2D eigenvalue weighted by atomic mass is 10.1. The summed E-state index contributed by atoms with van der Waals surface area (Å²) in [5.41, 5.74) is 2.69. The molecule has 0 radical (unpaired) electrons. The van der Waals surface area contributed by atoms with Crippen LogP contribution in [0.1, 0.15) is 5.82 Å². The van der Waals surface area contributed by atoms with Crippen LogP contribution in [-0.2, 0) is 0 Å². The molecular formula is C12H12N4O. The Labute approximate surface area is 98.0 Å². The summed E-state index contributed by atoms with van der Waals surface area (Å²) < 4.78 is 6.91. The van der Waals surface area contributed by atoms with Gasteiger partial charge in [0.15, 0.2) is 5.65 Å². The number of aromatic amines is 1. The number of benzene rings is 1. The fraction of sp³-hybridized carbons (Fsp3) is 0.167. The van der Waals surface area contributed by atoms with Gasteiger partial charge in [-0.25, -0.2) is 0 Å². The van der Waals surface area contributed by atoms with Gasteiger partial charge in [0.2, 0.25) is 0 Å². The normalized spacial score (nSPS) is 10.9. The van der Waals surface area contributed by atoms with E-state index in [1.165, 1.54) is 0 Å². The lowest BCUT2D eigenvalue weighted by Gasteiger charge is -2.04. The SMILES string of the molecule is COc1ccccc1-c1cc2[nH]c(C)nn2n1. The van der Waals surface area contributed by atoms with Crippen LogP contribution in [0.25, 0.3) is 16.9 Å². The smallest absolute Gasteiger partial charge is 0.156 e. The van der Waals surface area contributed by atoms with Crippen LogP contribution in [-0.4, -0.2) is 26.9 Å². The van der Waals surface area contributed by atoms with Gasteiger partial charge in [-0.3, -0.25) is 0 Å². The monoisotopic (exact) mass is 228 g/mol. The van der Waals surface area contributed by atoms with Gasteiger partial charge in [-0.15, -0.1) is 14.8 Å². The topological polar surface area (TPSA) is 55.2 Å². The number of H-pyrrole nitrogens is 1. The second-order valence-electron chi connectivity index (χ2n) is 3.81. The van der Waals surface area contributed by atoms with Crippen LogP contribution < -0.4 is 4.74 Å². The van der Waals surface area contributed by atoms with Gasteiger partial charge in [0.05, 0.1) is 7.11 Å². The number of rotatable bonds is 2. The van der Waals surface area contributed by atoms with Crippen LogP contribution in [0.5, 0.6) is 5.75 Å². The van der Waals surface area contributed by atoms with Crippen molar-refractivity contribution in [1.29, 1.82) is 0 Å². The number of fused-ring (bicyclic) bond motifs is 1. The summed E-state index contributed by atoms with van der Waals surface area (Å²) in [5, 5.41) is 8.63. The molecule has 1 N–H and O–H groups in total. The number of hydrogen-bond acceptors (Lipinski definition) is 3. The molecule has 0 spiro atoms. The highest BCUT2D eigenvalue weighted by molar-refractivity contribution is 5.70. The largest absolute Gasteiger partial charge is 0.496 e. The van der Waals surface area contributed by atoms with Crippen molar-refractivity contribution in [3.05, 3.63) is 36.2 Å². The first-order chi connectivity index (χ1) is 8.28. The third kappa shape index (κ3) is 1.56. The first-order valence-corrected chi connectivity index (χ1v) is 5.34. The first-order valence-electron chi connectivity index (χ1n) is 5.34. The maximum absolute atomic E-state index is 5.32. The molecular weight excluding hydrogens is 216 g/mol. The van der Waals surface area contributed by atoms with E-state index in [9.17, 15) is 0 Å². The number of ether oxygens (including phenoxy) is 1. The Morgan fingerprint density at radius 3 is 2.82 bits per heavy atom. The standard InChI is InChI=1S/C12H12N4O/c1-8-13-12-7-10(15-16(12)14-8)9-5-3-4-6-11(9)17-2/h3-7H,1-2H3,(H,13,14). The van der Waals surface area contributed by atoms with Crippen molar-refractivity contribution in [2.75, 3.05) is 7.11 Å². The van der Waals surface area contributed by atoms with Gasteiger partial charge < -0.3 is 9.72 Å². The molecule has 86 valence electrons. The number of nitrogens with one attached hydrogen (secondary N) is 1. The molecule has 0 aliphatic rings. The van der Waals surface area contributed by atoms with Gasteiger partial charge in [0.1, 0.15) is 17.3 Å². The zero-order valence-electron chi connectivity index (χ0n) is 9.64. The van der Waals surface area contributed by atoms with Gasteiger partial charge >= 0.3 is 0 Å². The second-order valence-corrected chi connectivity index (χ2v) is 3.81. The predicted octanol–water partition coefficient (Wildman–Crippen LogP) is 2.04. The lowest BCUT2D eigenvalue weighted by Crippen LogP contribution is -1.90. The lowest BCUT2D eigenvalue weighted by molar-refractivity contribution is 0.416. The van der Waals surface area contributed by atoms with Crippen molar-refractivity contribution in [1.82, 2.24) is 19.8 Å². The molecule has 17 heavy (non-hydrogen) atoms. The minimum Gasteiger partial charge on any atom is -0.496 e. The maximum Gasteiger partial charge on any atom is 0.156 e. The molecule has 0 saturated heterocycles. The molecule has 2 aromatic heterocycles. The maximum atomic E-state index is 5.32. The molecule has 0 atom stereocenters. The van der Waals surface area contributed by atoms with E-state index < -0.39 is 0 Å². The molecule has 0 aliphatic carbocycles. The van der Waals surface area contributed by atoms with Crippen LogP contribution >= 0.6 is 0 Å². The average molecular weight is 228 g/mol. The van der Waals surface area contributed by atoms with E-state index >= 15 is 0 Å². The van der Waals surface area contributed by atoms with Crippen molar-refractivity contribution in [2.24, 2.45) is 0 Å². The van der Waals surface area contributed by atoms with E-state index in [0.717, 1.165) is 28.5 Å². The molecule has 1 aromatic carbocycles. The Hall–Kier alpha value is -2.30. The zero-order valence-corrected chi connectivity index (χ0v) is 9.64. The summed E-state index contributed by atoms with van der Waals surface area (Å²) in [7, 11) is 1.66. The van der Waals surface area contributed by atoms with Crippen molar-refractivity contribution in [3.8, 4) is 17.0 Å². The zero-order chi connectivity index (χ0) is 11.8. The Morgan fingerprint density at radius 2 is 2.06 bits per heavy atom. The predicted molar refractivity (Wildman–Crippen MR) is 64.1 cm³/mol. The van der Waals surface area contributed by atoms with Crippen LogP contribution in [0.2, 0.25) is 0 Å². The van der Waals surface area contributed by atoms with E-state index in [0.29, 0.717) is 0 Å². The van der Waals surface area contributed by atoms with Crippen molar-refractivity contribution in [3.63, 3.8) is 0 Å². The van der Waals surface area contributed by atoms with E-state index in [-0.39, 0.29) is 0 Å². The quantitative estimate of drug-likeness (QED) is 0.730. The highest BCUT2D eigenvalue weighted by Gasteiger charge is 2.10. The molecule has 3 aromatic rings. The molecule has 0 bridgehead atoms. The van der Waals surface area contributed by atoms with Crippen molar-refractivity contribution in [2.45, 2.75) is 6.92 Å². The minimum atomic E-state index is 0.810. The summed E-state index contributed by atoms with van der Waals surface area (Å²) in [4.78, 5) is 3.13. The first kappa shape index (κ1) is 9.89. The summed E-state index contributed by atoms with van der Waals surface area (Å²) in [5.74, 6) is 1.66. The molecule has 5 heteroatoms. The fourth-order valence-corrected chi connectivity index (χ4v) is 1.87. The van der Waals surface area contributed by atoms with E-state index in [1.54, 1.807) is 11.7 Å². The summed E-state index contributed by atoms with van der Waals surface area (Å²) >= 11 is 0. The van der Waals surface area contributed by atoms with E-state index in [2.05, 4.69) is 15.2 Å². The van der Waals surface area contributed by atoms with Gasteiger partial charge in [0.25, 0.3) is 0 Å². The number of aryl methyl sites for hydroxylation is 1. The minimum absolute atomic E-state index is 0.810. The van der Waals surface area contributed by atoms with Crippen LogP contribution in [0.15, 0.2) is 30.3 Å². The Balaban J connectivity index is 2.16. The third-order valence-electron chi connectivity index (χ3n) is 2.63. The Bertz CT molecular complexity index is 637. The van der Waals surface area contributed by atoms with Crippen LogP contribution in [0.3, 0.4) is 0 Å². The molecule has 3 rings (SSSR count). The summed E-state index contributed by atoms with van der Waals surface area (Å²) in [6.45, 7) is 1.90. The van der Waals surface area contributed by atoms with Gasteiger partial charge in [0, 0.05) is 11.6 Å². The van der Waals surface area contributed by atoms with E-state index in [1.807, 2.05) is 37.3 Å². The number of nitrogens with zero attached hydrogens (tertiary/aromatic N) is 3. The van der Waals surface area contributed by atoms with Crippen molar-refractivity contribution < 1.29 is 4.74 Å². The highest BCUT2D eigenvalue weighted by Crippen LogP contribution is 2.28. The van der Waals surface area contributed by atoms with Crippen LogP contribution in [0, 0.1) is 6.92 Å². The Kier molecular flexibility index (Phi) is 2.11. The molecule has 5 nitrogen and oxygen atoms in total.